The van der Waals surface area contributed by atoms with E-state index < -0.39 is 0 Å². The Morgan fingerprint density at radius 1 is 1.07 bits per heavy atom. The number of halogens is 2. The summed E-state index contributed by atoms with van der Waals surface area (Å²) in [5.41, 5.74) is 5.31. The number of nitrogens with zero attached hydrogens (tertiary/aromatic N) is 2. The molecule has 1 aromatic heterocycles. The molecule has 0 amide bonds. The topological polar surface area (TPSA) is 41.9 Å². The van der Waals surface area contributed by atoms with Crippen molar-refractivity contribution in [3.63, 3.8) is 0 Å². The van der Waals surface area contributed by atoms with Gasteiger partial charge < -0.3 is 10.6 Å². The minimum atomic E-state index is 0.498. The molecule has 2 N–H and O–H groups in total. The number of nitrogens with one attached hydrogen (secondary N) is 2. The lowest BCUT2D eigenvalue weighted by molar-refractivity contribution is 0.668. The van der Waals surface area contributed by atoms with Crippen LogP contribution in [-0.2, 0) is 6.54 Å². The van der Waals surface area contributed by atoms with E-state index in [1.54, 1.807) is 6.07 Å². The maximum Gasteiger partial charge on any atom is 0.176 e. The Hall–Kier alpha value is -2.08. The van der Waals surface area contributed by atoms with Crippen molar-refractivity contribution in [1.82, 2.24) is 9.78 Å². The molecule has 0 bridgehead atoms. The molecule has 1 heterocycles. The molecular weight excluding hydrogens is 399 g/mol. The van der Waals surface area contributed by atoms with Crippen molar-refractivity contribution in [3.8, 4) is 0 Å². The third kappa shape index (κ3) is 4.80. The van der Waals surface area contributed by atoms with Gasteiger partial charge >= 0.3 is 0 Å². The molecule has 7 heteroatoms. The molecule has 0 saturated heterocycles. The second-order valence-electron chi connectivity index (χ2n) is 6.39. The van der Waals surface area contributed by atoms with Crippen LogP contribution in [0.1, 0.15) is 22.4 Å². The molecule has 3 rings (SSSR count). The summed E-state index contributed by atoms with van der Waals surface area (Å²) in [7, 11) is 0. The van der Waals surface area contributed by atoms with Gasteiger partial charge in [-0.1, -0.05) is 41.4 Å². The van der Waals surface area contributed by atoms with E-state index in [1.807, 2.05) is 41.9 Å². The lowest BCUT2D eigenvalue weighted by Crippen LogP contribution is -2.20. The molecule has 27 heavy (non-hydrogen) atoms. The Morgan fingerprint density at radius 2 is 1.85 bits per heavy atom. The van der Waals surface area contributed by atoms with Crippen molar-refractivity contribution in [2.75, 3.05) is 10.6 Å². The van der Waals surface area contributed by atoms with Gasteiger partial charge in [-0.3, -0.25) is 4.68 Å². The average molecular weight is 419 g/mol. The van der Waals surface area contributed by atoms with Crippen molar-refractivity contribution in [1.29, 1.82) is 0 Å². The highest BCUT2D eigenvalue weighted by Crippen LogP contribution is 2.23. The summed E-state index contributed by atoms with van der Waals surface area (Å²) >= 11 is 17.7. The summed E-state index contributed by atoms with van der Waals surface area (Å²) in [6, 6.07) is 13.5. The maximum absolute atomic E-state index is 6.27. The van der Waals surface area contributed by atoms with Crippen LogP contribution >= 0.6 is 35.4 Å². The van der Waals surface area contributed by atoms with Gasteiger partial charge in [0.15, 0.2) is 10.9 Å². The molecule has 0 aliphatic heterocycles. The van der Waals surface area contributed by atoms with Gasteiger partial charge in [-0.2, -0.15) is 5.10 Å². The van der Waals surface area contributed by atoms with Crippen LogP contribution in [0.3, 0.4) is 0 Å². The van der Waals surface area contributed by atoms with Crippen molar-refractivity contribution >= 4 is 52.0 Å². The second-order valence-corrected chi connectivity index (χ2v) is 7.64. The number of hydrogen-bond donors (Lipinski definition) is 2. The van der Waals surface area contributed by atoms with Crippen LogP contribution in [-0.4, -0.2) is 14.9 Å². The van der Waals surface area contributed by atoms with E-state index in [4.69, 9.17) is 35.4 Å². The third-order valence-electron chi connectivity index (χ3n) is 4.41. The van der Waals surface area contributed by atoms with E-state index in [9.17, 15) is 0 Å². The average Bonchev–Trinajstić information content (AvgIpc) is 2.93. The number of thiocarbonyl (C=S) groups is 1. The number of benzene rings is 2. The fraction of sp³-hybridized carbons (Fsp3) is 0.200. The van der Waals surface area contributed by atoms with E-state index in [2.05, 4.69) is 35.6 Å². The Kier molecular flexibility index (Phi) is 6.05. The van der Waals surface area contributed by atoms with Gasteiger partial charge in [0.25, 0.3) is 0 Å². The van der Waals surface area contributed by atoms with Gasteiger partial charge in [-0.15, -0.1) is 0 Å². The van der Waals surface area contributed by atoms with Gasteiger partial charge in [-0.25, -0.2) is 0 Å². The van der Waals surface area contributed by atoms with Gasteiger partial charge in [0, 0.05) is 27.5 Å². The smallest absolute Gasteiger partial charge is 0.176 e. The largest absolute Gasteiger partial charge is 0.332 e. The molecule has 0 spiro atoms. The van der Waals surface area contributed by atoms with Crippen molar-refractivity contribution in [2.24, 2.45) is 0 Å². The fourth-order valence-corrected chi connectivity index (χ4v) is 3.38. The number of anilines is 2. The molecule has 0 unspecified atom stereocenters. The molecule has 140 valence electrons. The first-order valence-electron chi connectivity index (χ1n) is 8.46. The first-order valence-corrected chi connectivity index (χ1v) is 9.62. The van der Waals surface area contributed by atoms with Crippen molar-refractivity contribution in [2.45, 2.75) is 27.3 Å². The molecule has 0 aliphatic rings. The van der Waals surface area contributed by atoms with Crippen LogP contribution in [0.15, 0.2) is 42.5 Å². The van der Waals surface area contributed by atoms with Gasteiger partial charge in [-0.05, 0) is 67.9 Å². The standard InChI is InChI=1S/C20H20Cl2N4S/c1-12-5-4-6-18(14(12)3)23-20(27)24-19-9-13(2)26(25-19)11-15-7-8-16(21)10-17(15)22/h4-10H,11H2,1-3H3,(H2,23,24,25,27). The molecule has 0 radical (unpaired) electrons. The number of aromatic nitrogens is 2. The Balaban J connectivity index is 1.70. The number of hydrogen-bond acceptors (Lipinski definition) is 2. The zero-order valence-electron chi connectivity index (χ0n) is 15.3. The van der Waals surface area contributed by atoms with Gasteiger partial charge in [0.2, 0.25) is 0 Å². The summed E-state index contributed by atoms with van der Waals surface area (Å²) in [6.07, 6.45) is 0. The highest BCUT2D eigenvalue weighted by Gasteiger charge is 2.10. The minimum absolute atomic E-state index is 0.498. The number of rotatable bonds is 4. The van der Waals surface area contributed by atoms with Crippen LogP contribution in [0.2, 0.25) is 10.0 Å². The van der Waals surface area contributed by atoms with Crippen molar-refractivity contribution in [3.05, 3.63) is 74.9 Å². The molecule has 0 aliphatic carbocycles. The zero-order valence-corrected chi connectivity index (χ0v) is 17.6. The first-order chi connectivity index (χ1) is 12.8. The molecule has 0 saturated carbocycles. The molecule has 0 fully saturated rings. The van der Waals surface area contributed by atoms with E-state index >= 15 is 0 Å². The summed E-state index contributed by atoms with van der Waals surface area (Å²) in [5.74, 6) is 0.681. The van der Waals surface area contributed by atoms with E-state index in [1.165, 1.54) is 11.1 Å². The Labute approximate surface area is 174 Å². The van der Waals surface area contributed by atoms with Crippen molar-refractivity contribution < 1.29 is 0 Å². The third-order valence-corrected chi connectivity index (χ3v) is 5.20. The molecular formula is C20H20Cl2N4S. The number of aryl methyl sites for hydroxylation is 2. The summed E-state index contributed by atoms with van der Waals surface area (Å²) in [6.45, 7) is 6.68. The fourth-order valence-electron chi connectivity index (χ4n) is 2.70. The summed E-state index contributed by atoms with van der Waals surface area (Å²) < 4.78 is 1.87. The zero-order chi connectivity index (χ0) is 19.6. The van der Waals surface area contributed by atoms with Crippen LogP contribution in [0.5, 0.6) is 0 Å². The van der Waals surface area contributed by atoms with Crippen LogP contribution in [0.4, 0.5) is 11.5 Å². The van der Waals surface area contributed by atoms with E-state index in [-0.39, 0.29) is 0 Å². The quantitative estimate of drug-likeness (QED) is 0.511. The van der Waals surface area contributed by atoms with Gasteiger partial charge in [0.05, 0.1) is 6.54 Å². The van der Waals surface area contributed by atoms with Crippen LogP contribution in [0.25, 0.3) is 0 Å². The Morgan fingerprint density at radius 3 is 2.59 bits per heavy atom. The predicted molar refractivity (Wildman–Crippen MR) is 118 cm³/mol. The summed E-state index contributed by atoms with van der Waals surface area (Å²) in [5, 5.41) is 12.7. The molecule has 0 atom stereocenters. The van der Waals surface area contributed by atoms with Crippen LogP contribution < -0.4 is 10.6 Å². The monoisotopic (exact) mass is 418 g/mol. The normalized spacial score (nSPS) is 10.7. The lowest BCUT2D eigenvalue weighted by atomic mass is 10.1. The SMILES string of the molecule is Cc1cccc(NC(=S)Nc2cc(C)n(Cc3ccc(Cl)cc3Cl)n2)c1C. The molecule has 2 aromatic carbocycles. The maximum atomic E-state index is 6.27. The lowest BCUT2D eigenvalue weighted by Gasteiger charge is -2.12. The van der Waals surface area contributed by atoms with E-state index in [0.29, 0.717) is 27.5 Å². The van der Waals surface area contributed by atoms with Gasteiger partial charge in [0.1, 0.15) is 0 Å². The first kappa shape index (κ1) is 19.7. The van der Waals surface area contributed by atoms with E-state index in [0.717, 1.165) is 16.9 Å². The summed E-state index contributed by atoms with van der Waals surface area (Å²) in [4.78, 5) is 0. The molecule has 4 nitrogen and oxygen atoms in total. The minimum Gasteiger partial charge on any atom is -0.332 e. The van der Waals surface area contributed by atoms with Crippen LogP contribution in [0, 0.1) is 20.8 Å². The highest BCUT2D eigenvalue weighted by molar-refractivity contribution is 7.80. The second kappa shape index (κ2) is 8.30. The predicted octanol–water partition coefficient (Wildman–Crippen LogP) is 5.97. The Bertz CT molecular complexity index is 998. The molecule has 3 aromatic rings. The highest BCUT2D eigenvalue weighted by atomic mass is 35.5.